The lowest BCUT2D eigenvalue weighted by atomic mass is 10.2. The normalized spacial score (nSPS) is 15.5. The van der Waals surface area contributed by atoms with Gasteiger partial charge < -0.3 is 5.11 Å². The molecule has 0 radical (unpaired) electrons. The monoisotopic (exact) mass is 277 g/mol. The van der Waals surface area contributed by atoms with Crippen LogP contribution in [0, 0.1) is 0 Å². The van der Waals surface area contributed by atoms with Crippen molar-refractivity contribution in [1.82, 2.24) is 4.72 Å². The quantitative estimate of drug-likeness (QED) is 0.862. The molecule has 2 N–H and O–H groups in total. The number of halogens is 1. The smallest absolute Gasteiger partial charge is 0.240 e. The van der Waals surface area contributed by atoms with Gasteiger partial charge in [-0.1, -0.05) is 17.7 Å². The number of rotatable bonds is 5. The first kappa shape index (κ1) is 14.4. The Bertz CT molecular complexity index is 473. The van der Waals surface area contributed by atoms with Crippen molar-refractivity contribution in [3.8, 4) is 0 Å². The molecule has 0 amide bonds. The van der Waals surface area contributed by atoms with Crippen LogP contribution in [0.5, 0.6) is 0 Å². The molecule has 0 aliphatic heterocycles. The van der Waals surface area contributed by atoms with Crippen LogP contribution >= 0.6 is 11.6 Å². The largest absolute Gasteiger partial charge is 0.393 e. The van der Waals surface area contributed by atoms with Crippen molar-refractivity contribution in [3.05, 3.63) is 29.3 Å². The van der Waals surface area contributed by atoms with E-state index >= 15 is 0 Å². The highest BCUT2D eigenvalue weighted by Gasteiger charge is 2.18. The molecule has 0 saturated heterocycles. The number of sulfonamides is 1. The van der Waals surface area contributed by atoms with Crippen molar-refractivity contribution in [2.75, 3.05) is 0 Å². The molecule has 0 heterocycles. The maximum atomic E-state index is 11.9. The first-order valence-corrected chi connectivity index (χ1v) is 7.13. The van der Waals surface area contributed by atoms with Crippen LogP contribution in [0.1, 0.15) is 20.3 Å². The molecule has 1 aromatic carbocycles. The minimum atomic E-state index is -3.57. The van der Waals surface area contributed by atoms with Crippen LogP contribution in [0.2, 0.25) is 5.02 Å². The Balaban J connectivity index is 2.82. The molecule has 1 rings (SSSR count). The van der Waals surface area contributed by atoms with Crippen molar-refractivity contribution in [3.63, 3.8) is 0 Å². The van der Waals surface area contributed by atoms with Crippen molar-refractivity contribution >= 4 is 21.6 Å². The number of benzene rings is 1. The maximum absolute atomic E-state index is 11.9. The molecule has 2 unspecified atom stereocenters. The zero-order valence-electron chi connectivity index (χ0n) is 9.72. The summed E-state index contributed by atoms with van der Waals surface area (Å²) in [5.74, 6) is 0. The molecule has 0 aliphatic rings. The summed E-state index contributed by atoms with van der Waals surface area (Å²) >= 11 is 5.74. The Morgan fingerprint density at radius 3 is 2.59 bits per heavy atom. The topological polar surface area (TPSA) is 66.4 Å². The first-order valence-electron chi connectivity index (χ1n) is 5.27. The standard InChI is InChI=1S/C11H16ClNO3S/c1-8(6-9(2)14)13-17(15,16)11-5-3-4-10(12)7-11/h3-5,7-9,13-14H,6H2,1-2H3. The van der Waals surface area contributed by atoms with E-state index in [0.29, 0.717) is 11.4 Å². The summed E-state index contributed by atoms with van der Waals surface area (Å²) in [6.45, 7) is 3.32. The average Bonchev–Trinajstić information content (AvgIpc) is 2.15. The van der Waals surface area contributed by atoms with E-state index < -0.39 is 16.1 Å². The molecule has 96 valence electrons. The van der Waals surface area contributed by atoms with E-state index in [4.69, 9.17) is 11.6 Å². The third kappa shape index (κ3) is 4.63. The number of aliphatic hydroxyl groups excluding tert-OH is 1. The fourth-order valence-electron chi connectivity index (χ4n) is 1.53. The third-order valence-electron chi connectivity index (χ3n) is 2.16. The van der Waals surface area contributed by atoms with Gasteiger partial charge in [-0.05, 0) is 38.5 Å². The first-order chi connectivity index (χ1) is 7.81. The second kappa shape index (κ2) is 5.82. The highest BCUT2D eigenvalue weighted by atomic mass is 35.5. The van der Waals surface area contributed by atoms with Crippen LogP contribution in [-0.2, 0) is 10.0 Å². The van der Waals surface area contributed by atoms with Gasteiger partial charge in [-0.2, -0.15) is 0 Å². The fraction of sp³-hybridized carbons (Fsp3) is 0.455. The average molecular weight is 278 g/mol. The second-order valence-electron chi connectivity index (χ2n) is 4.06. The summed E-state index contributed by atoms with van der Waals surface area (Å²) in [5, 5.41) is 9.55. The fourth-order valence-corrected chi connectivity index (χ4v) is 3.08. The van der Waals surface area contributed by atoms with Gasteiger partial charge in [-0.15, -0.1) is 0 Å². The second-order valence-corrected chi connectivity index (χ2v) is 6.21. The van der Waals surface area contributed by atoms with Crippen molar-refractivity contribution in [2.45, 2.75) is 37.3 Å². The lowest BCUT2D eigenvalue weighted by molar-refractivity contribution is 0.175. The lowest BCUT2D eigenvalue weighted by Crippen LogP contribution is -2.34. The van der Waals surface area contributed by atoms with Gasteiger partial charge >= 0.3 is 0 Å². The zero-order valence-corrected chi connectivity index (χ0v) is 11.3. The van der Waals surface area contributed by atoms with E-state index in [0.717, 1.165) is 0 Å². The molecule has 4 nitrogen and oxygen atoms in total. The van der Waals surface area contributed by atoms with Gasteiger partial charge in [0.15, 0.2) is 0 Å². The van der Waals surface area contributed by atoms with Gasteiger partial charge in [-0.3, -0.25) is 0 Å². The van der Waals surface area contributed by atoms with Gasteiger partial charge in [0.05, 0.1) is 11.0 Å². The van der Waals surface area contributed by atoms with Crippen molar-refractivity contribution < 1.29 is 13.5 Å². The molecule has 0 aromatic heterocycles. The predicted molar refractivity (Wildman–Crippen MR) is 67.5 cm³/mol. The summed E-state index contributed by atoms with van der Waals surface area (Å²) in [5.41, 5.74) is 0. The minimum absolute atomic E-state index is 0.127. The van der Waals surface area contributed by atoms with Gasteiger partial charge in [0.25, 0.3) is 0 Å². The third-order valence-corrected chi connectivity index (χ3v) is 3.98. The van der Waals surface area contributed by atoms with E-state index in [2.05, 4.69) is 4.72 Å². The van der Waals surface area contributed by atoms with Crippen LogP contribution in [0.15, 0.2) is 29.2 Å². The number of aliphatic hydroxyl groups is 1. The van der Waals surface area contributed by atoms with Crippen LogP contribution in [0.25, 0.3) is 0 Å². The van der Waals surface area contributed by atoms with Gasteiger partial charge in [0.1, 0.15) is 0 Å². The van der Waals surface area contributed by atoms with E-state index in [1.807, 2.05) is 0 Å². The molecule has 0 bridgehead atoms. The summed E-state index contributed by atoms with van der Waals surface area (Å²) in [6.07, 6.45) is -0.188. The van der Waals surface area contributed by atoms with Crippen LogP contribution in [0.3, 0.4) is 0 Å². The minimum Gasteiger partial charge on any atom is -0.393 e. The van der Waals surface area contributed by atoms with E-state index in [-0.39, 0.29) is 10.9 Å². The van der Waals surface area contributed by atoms with Gasteiger partial charge in [-0.25, -0.2) is 13.1 Å². The molecule has 0 aliphatic carbocycles. The van der Waals surface area contributed by atoms with E-state index in [1.165, 1.54) is 12.1 Å². The Hall–Kier alpha value is -0.620. The van der Waals surface area contributed by atoms with Crippen LogP contribution in [0.4, 0.5) is 0 Å². The predicted octanol–water partition coefficient (Wildman–Crippen LogP) is 1.78. The molecule has 0 saturated carbocycles. The molecule has 1 aromatic rings. The van der Waals surface area contributed by atoms with Gasteiger partial charge in [0.2, 0.25) is 10.0 Å². The SMILES string of the molecule is CC(O)CC(C)NS(=O)(=O)c1cccc(Cl)c1. The van der Waals surface area contributed by atoms with Gasteiger partial charge in [0, 0.05) is 11.1 Å². The van der Waals surface area contributed by atoms with E-state index in [9.17, 15) is 13.5 Å². The number of hydrogen-bond donors (Lipinski definition) is 2. The molecule has 2 atom stereocenters. The summed E-state index contributed by atoms with van der Waals surface area (Å²) in [7, 11) is -3.57. The molecule has 6 heteroatoms. The zero-order chi connectivity index (χ0) is 13.1. The van der Waals surface area contributed by atoms with Crippen LogP contribution < -0.4 is 4.72 Å². The molecular formula is C11H16ClNO3S. The summed E-state index contributed by atoms with van der Waals surface area (Å²) < 4.78 is 26.3. The Kier molecular flexibility index (Phi) is 4.94. The Labute approximate surface area is 107 Å². The van der Waals surface area contributed by atoms with Crippen LogP contribution in [-0.4, -0.2) is 25.7 Å². The van der Waals surface area contributed by atoms with E-state index in [1.54, 1.807) is 26.0 Å². The molecule has 17 heavy (non-hydrogen) atoms. The Morgan fingerprint density at radius 2 is 2.06 bits per heavy atom. The number of nitrogens with one attached hydrogen (secondary N) is 1. The van der Waals surface area contributed by atoms with Crippen molar-refractivity contribution in [1.29, 1.82) is 0 Å². The molecule has 0 spiro atoms. The molecule has 0 fully saturated rings. The number of hydrogen-bond acceptors (Lipinski definition) is 3. The molecular weight excluding hydrogens is 262 g/mol. The van der Waals surface area contributed by atoms with Crippen molar-refractivity contribution in [2.24, 2.45) is 0 Å². The highest BCUT2D eigenvalue weighted by Crippen LogP contribution is 2.16. The highest BCUT2D eigenvalue weighted by molar-refractivity contribution is 7.89. The lowest BCUT2D eigenvalue weighted by Gasteiger charge is -2.15. The summed E-state index contributed by atoms with van der Waals surface area (Å²) in [6, 6.07) is 5.72. The maximum Gasteiger partial charge on any atom is 0.240 e. The summed E-state index contributed by atoms with van der Waals surface area (Å²) in [4.78, 5) is 0.127. The Morgan fingerprint density at radius 1 is 1.41 bits per heavy atom.